The predicted molar refractivity (Wildman–Crippen MR) is 155 cm³/mol. The summed E-state index contributed by atoms with van der Waals surface area (Å²) in [5.74, 6) is -2.87. The quantitative estimate of drug-likeness (QED) is 0.0529. The number of hydrogen-bond donors (Lipinski definition) is 9. The standard InChI is InChI=1S/C30H56O14/c1-2-3-4-5-7-10-13-19(33)20(34)14-11-8-6-9-12-15-23(35)41-17-22-25(37)28(40)30(18-32,43-22)44-29-27(39)26(38)24(36)21(16-31)42-29/h19-22,24-29,31-34,36-40H,2-18H2,1H3/t19?,20?,21-,22-,24-,25-,26+,27-,28+,29-,30+/m1/s1. The van der Waals surface area contributed by atoms with Crippen molar-refractivity contribution in [2.24, 2.45) is 0 Å². The Labute approximate surface area is 259 Å². The summed E-state index contributed by atoms with van der Waals surface area (Å²) in [7, 11) is 0. The molecule has 0 bridgehead atoms. The Hall–Kier alpha value is -1.01. The fourth-order valence-electron chi connectivity index (χ4n) is 5.54. The molecule has 0 aromatic rings. The summed E-state index contributed by atoms with van der Waals surface area (Å²) in [6.07, 6.45) is -2.72. The Bertz CT molecular complexity index is 787. The van der Waals surface area contributed by atoms with E-state index in [2.05, 4.69) is 6.92 Å². The number of aliphatic hydroxyl groups excluding tert-OH is 9. The third-order valence-corrected chi connectivity index (χ3v) is 8.48. The minimum absolute atomic E-state index is 0.109. The molecule has 0 spiro atoms. The monoisotopic (exact) mass is 640 g/mol. The lowest BCUT2D eigenvalue weighted by Crippen LogP contribution is -2.62. The first-order chi connectivity index (χ1) is 21.0. The zero-order valence-corrected chi connectivity index (χ0v) is 25.9. The molecular formula is C30H56O14. The molecule has 2 fully saturated rings. The van der Waals surface area contributed by atoms with Crippen LogP contribution in [0, 0.1) is 0 Å². The second kappa shape index (κ2) is 20.3. The summed E-state index contributed by atoms with van der Waals surface area (Å²) in [4.78, 5) is 12.2. The van der Waals surface area contributed by atoms with Crippen molar-refractivity contribution in [2.45, 2.75) is 164 Å². The maximum Gasteiger partial charge on any atom is 0.305 e. The van der Waals surface area contributed by atoms with E-state index in [1.807, 2.05) is 0 Å². The Morgan fingerprint density at radius 2 is 1.32 bits per heavy atom. The lowest BCUT2D eigenvalue weighted by Gasteiger charge is -2.43. The minimum Gasteiger partial charge on any atom is -0.463 e. The van der Waals surface area contributed by atoms with E-state index in [4.69, 9.17) is 18.9 Å². The summed E-state index contributed by atoms with van der Waals surface area (Å²) < 4.78 is 21.4. The van der Waals surface area contributed by atoms with Crippen LogP contribution in [0.25, 0.3) is 0 Å². The molecule has 260 valence electrons. The maximum absolute atomic E-state index is 12.2. The van der Waals surface area contributed by atoms with Gasteiger partial charge in [0.05, 0.1) is 18.8 Å². The molecule has 2 heterocycles. The number of aliphatic hydroxyl groups is 9. The zero-order valence-electron chi connectivity index (χ0n) is 25.9. The van der Waals surface area contributed by atoms with Gasteiger partial charge in [-0.15, -0.1) is 0 Å². The Morgan fingerprint density at radius 1 is 0.750 bits per heavy atom. The van der Waals surface area contributed by atoms with Gasteiger partial charge in [-0.05, 0) is 19.3 Å². The second-order valence-electron chi connectivity index (χ2n) is 12.1. The lowest BCUT2D eigenvalue weighted by atomic mass is 9.99. The average molecular weight is 641 g/mol. The van der Waals surface area contributed by atoms with E-state index in [0.717, 1.165) is 44.9 Å². The van der Waals surface area contributed by atoms with E-state index in [0.29, 0.717) is 19.3 Å². The van der Waals surface area contributed by atoms with Gasteiger partial charge in [0, 0.05) is 6.42 Å². The van der Waals surface area contributed by atoms with Gasteiger partial charge in [0.25, 0.3) is 0 Å². The van der Waals surface area contributed by atoms with Crippen molar-refractivity contribution >= 4 is 5.97 Å². The Morgan fingerprint density at radius 3 is 1.89 bits per heavy atom. The summed E-state index contributed by atoms with van der Waals surface area (Å²) in [5.41, 5.74) is 0. The molecule has 2 saturated heterocycles. The largest absolute Gasteiger partial charge is 0.463 e. The zero-order chi connectivity index (χ0) is 32.7. The number of carbonyl (C=O) groups is 1. The van der Waals surface area contributed by atoms with E-state index < -0.39 is 92.8 Å². The number of esters is 1. The van der Waals surface area contributed by atoms with Gasteiger partial charge in [-0.3, -0.25) is 4.79 Å². The maximum atomic E-state index is 12.2. The first-order valence-corrected chi connectivity index (χ1v) is 16.2. The van der Waals surface area contributed by atoms with Crippen molar-refractivity contribution in [1.29, 1.82) is 0 Å². The normalized spacial score (nSPS) is 33.8. The fourth-order valence-corrected chi connectivity index (χ4v) is 5.54. The second-order valence-corrected chi connectivity index (χ2v) is 12.1. The van der Waals surface area contributed by atoms with Crippen LogP contribution in [0.2, 0.25) is 0 Å². The molecule has 11 atom stereocenters. The molecule has 2 aliphatic heterocycles. The molecule has 0 radical (unpaired) electrons. The fraction of sp³-hybridized carbons (Fsp3) is 0.967. The van der Waals surface area contributed by atoms with Crippen LogP contribution in [0.5, 0.6) is 0 Å². The van der Waals surface area contributed by atoms with Crippen molar-refractivity contribution in [1.82, 2.24) is 0 Å². The van der Waals surface area contributed by atoms with Crippen LogP contribution in [-0.2, 0) is 23.7 Å². The molecule has 14 nitrogen and oxygen atoms in total. The average Bonchev–Trinajstić information content (AvgIpc) is 3.25. The number of rotatable bonds is 22. The van der Waals surface area contributed by atoms with Gasteiger partial charge in [0.1, 0.15) is 55.9 Å². The van der Waals surface area contributed by atoms with Gasteiger partial charge < -0.3 is 64.9 Å². The van der Waals surface area contributed by atoms with Gasteiger partial charge in [-0.2, -0.15) is 0 Å². The van der Waals surface area contributed by atoms with Crippen LogP contribution in [0.1, 0.15) is 96.8 Å². The van der Waals surface area contributed by atoms with Crippen LogP contribution in [0.3, 0.4) is 0 Å². The molecular weight excluding hydrogens is 584 g/mol. The molecule has 9 N–H and O–H groups in total. The smallest absolute Gasteiger partial charge is 0.305 e. The Kier molecular flexibility index (Phi) is 18.0. The minimum atomic E-state index is -2.32. The van der Waals surface area contributed by atoms with Gasteiger partial charge in [-0.25, -0.2) is 0 Å². The third kappa shape index (κ3) is 11.7. The molecule has 14 heteroatoms. The number of carbonyl (C=O) groups excluding carboxylic acids is 1. The highest BCUT2D eigenvalue weighted by molar-refractivity contribution is 5.69. The van der Waals surface area contributed by atoms with Crippen LogP contribution < -0.4 is 0 Å². The molecule has 0 aliphatic carbocycles. The summed E-state index contributed by atoms with van der Waals surface area (Å²) in [5, 5.41) is 90.8. The molecule has 44 heavy (non-hydrogen) atoms. The molecule has 0 saturated carbocycles. The first kappa shape index (κ1) is 39.2. The number of unbranched alkanes of at least 4 members (excludes halogenated alkanes) is 9. The highest BCUT2D eigenvalue weighted by Crippen LogP contribution is 2.36. The van der Waals surface area contributed by atoms with Crippen LogP contribution in [0.15, 0.2) is 0 Å². The summed E-state index contributed by atoms with van der Waals surface area (Å²) >= 11 is 0. The van der Waals surface area contributed by atoms with Gasteiger partial charge >= 0.3 is 5.97 Å². The van der Waals surface area contributed by atoms with Crippen molar-refractivity contribution < 1.29 is 69.7 Å². The lowest BCUT2D eigenvalue weighted by molar-refractivity contribution is -0.383. The third-order valence-electron chi connectivity index (χ3n) is 8.48. The van der Waals surface area contributed by atoms with Crippen molar-refractivity contribution in [2.75, 3.05) is 19.8 Å². The molecule has 2 aliphatic rings. The number of hydrogen-bond acceptors (Lipinski definition) is 14. The van der Waals surface area contributed by atoms with Gasteiger partial charge in [0.2, 0.25) is 5.79 Å². The predicted octanol–water partition coefficient (Wildman–Crippen LogP) is -0.642. The topological polar surface area (TPSA) is 236 Å². The molecule has 0 aromatic heterocycles. The molecule has 0 amide bonds. The number of ether oxygens (including phenoxy) is 4. The SMILES string of the molecule is CCCCCCCCC(O)C(O)CCCCCCCC(=O)OC[C@H]1O[C@@](CO)(O[C@H]2O[C@H](CO)[C@@H](O)[C@H](O)[C@H]2O)[C@@H](O)[C@@H]1O. The van der Waals surface area contributed by atoms with Crippen LogP contribution in [0.4, 0.5) is 0 Å². The van der Waals surface area contributed by atoms with Crippen LogP contribution in [-0.4, -0.2) is 139 Å². The van der Waals surface area contributed by atoms with E-state index in [1.165, 1.54) is 19.3 Å². The summed E-state index contributed by atoms with van der Waals surface area (Å²) in [6.45, 7) is -0.0329. The highest BCUT2D eigenvalue weighted by Gasteiger charge is 2.58. The molecule has 2 unspecified atom stereocenters. The van der Waals surface area contributed by atoms with E-state index in [9.17, 15) is 50.8 Å². The van der Waals surface area contributed by atoms with E-state index in [1.54, 1.807) is 0 Å². The Balaban J connectivity index is 1.64. The highest BCUT2D eigenvalue weighted by atomic mass is 16.8. The molecule has 0 aromatic carbocycles. The molecule has 2 rings (SSSR count). The van der Waals surface area contributed by atoms with E-state index >= 15 is 0 Å². The first-order valence-electron chi connectivity index (χ1n) is 16.2. The van der Waals surface area contributed by atoms with E-state index in [-0.39, 0.29) is 6.42 Å². The van der Waals surface area contributed by atoms with Crippen molar-refractivity contribution in [3.8, 4) is 0 Å². The van der Waals surface area contributed by atoms with Crippen LogP contribution >= 0.6 is 0 Å². The van der Waals surface area contributed by atoms with Crippen molar-refractivity contribution in [3.63, 3.8) is 0 Å². The van der Waals surface area contributed by atoms with Crippen molar-refractivity contribution in [3.05, 3.63) is 0 Å². The summed E-state index contributed by atoms with van der Waals surface area (Å²) in [6, 6.07) is 0. The van der Waals surface area contributed by atoms with Gasteiger partial charge in [0.15, 0.2) is 6.29 Å². The van der Waals surface area contributed by atoms with Gasteiger partial charge in [-0.1, -0.05) is 71.1 Å².